The molecule has 2 heterocycles. The van der Waals surface area contributed by atoms with Crippen LogP contribution in [0.4, 0.5) is 5.69 Å². The first-order valence-corrected chi connectivity index (χ1v) is 10.1. The molecule has 1 fully saturated rings. The number of para-hydroxylation sites is 3. The molecule has 1 saturated heterocycles. The van der Waals surface area contributed by atoms with Crippen LogP contribution < -0.4 is 15.4 Å². The summed E-state index contributed by atoms with van der Waals surface area (Å²) in [5, 5.41) is 16.9. The number of rotatable bonds is 4. The van der Waals surface area contributed by atoms with E-state index in [2.05, 4.69) is 10.6 Å². The van der Waals surface area contributed by atoms with Gasteiger partial charge < -0.3 is 20.5 Å². The van der Waals surface area contributed by atoms with Gasteiger partial charge in [-0.15, -0.1) is 11.6 Å². The van der Waals surface area contributed by atoms with Gasteiger partial charge in [-0.25, -0.2) is 4.99 Å². The molecule has 0 spiro atoms. The van der Waals surface area contributed by atoms with Crippen molar-refractivity contribution in [2.75, 3.05) is 19.6 Å². The molecule has 0 aromatic heterocycles. The van der Waals surface area contributed by atoms with E-state index in [1.54, 1.807) is 13.8 Å². The van der Waals surface area contributed by atoms with Crippen LogP contribution in [0.5, 0.6) is 11.5 Å². The van der Waals surface area contributed by atoms with Gasteiger partial charge in [-0.05, 0) is 38.1 Å². The van der Waals surface area contributed by atoms with E-state index in [4.69, 9.17) is 21.3 Å². The third-order valence-electron chi connectivity index (χ3n) is 6.06. The predicted octanol–water partition coefficient (Wildman–Crippen LogP) is 3.56. The molecule has 7 heteroatoms. The zero-order chi connectivity index (χ0) is 20.6. The highest BCUT2D eigenvalue weighted by molar-refractivity contribution is 6.41. The number of nitrogens with one attached hydrogen (secondary N) is 2. The predicted molar refractivity (Wildman–Crippen MR) is 114 cm³/mol. The Morgan fingerprint density at radius 2 is 1.83 bits per heavy atom. The summed E-state index contributed by atoms with van der Waals surface area (Å²) in [5.74, 6) is 0.234. The number of alkyl halides is 1. The number of nitrogens with zero attached hydrogens (tertiary/aromatic N) is 1. The quantitative estimate of drug-likeness (QED) is 0.667. The average molecular weight is 414 g/mol. The summed E-state index contributed by atoms with van der Waals surface area (Å²) < 4.78 is 6.10. The second-order valence-corrected chi connectivity index (χ2v) is 8.50. The van der Waals surface area contributed by atoms with Crippen LogP contribution in [-0.4, -0.2) is 47.3 Å². The standard InChI is InChI=1S/C22H24ClN3O3/c1-21(20(27)28,18-13-24-11-12-25-18)22(2,23)19-14-7-3-5-9-16(14)29-17-10-6-4-8-15(17)26-19/h3-10,18,24-25H,11-13H2,1-2H3,(H,27,28). The molecule has 3 unspecified atom stereocenters. The van der Waals surface area contributed by atoms with E-state index >= 15 is 0 Å². The molecule has 29 heavy (non-hydrogen) atoms. The molecule has 3 N–H and O–H groups in total. The van der Waals surface area contributed by atoms with Gasteiger partial charge in [-0.1, -0.05) is 24.3 Å². The molecule has 0 amide bonds. The molecule has 2 aromatic rings. The Morgan fingerprint density at radius 3 is 2.52 bits per heavy atom. The molecule has 3 atom stereocenters. The van der Waals surface area contributed by atoms with Gasteiger partial charge in [0.1, 0.15) is 21.7 Å². The molecule has 0 aliphatic carbocycles. The van der Waals surface area contributed by atoms with Crippen molar-refractivity contribution in [2.24, 2.45) is 10.4 Å². The Hall–Kier alpha value is -2.41. The maximum Gasteiger partial charge on any atom is 0.313 e. The second kappa shape index (κ2) is 7.44. The highest BCUT2D eigenvalue weighted by Gasteiger charge is 2.58. The number of carboxylic acids is 1. The molecule has 4 rings (SSSR count). The number of hydrogen-bond donors (Lipinski definition) is 3. The molecule has 2 aromatic carbocycles. The highest BCUT2D eigenvalue weighted by Crippen LogP contribution is 2.48. The van der Waals surface area contributed by atoms with Crippen LogP contribution in [0.1, 0.15) is 19.4 Å². The molecular formula is C22H24ClN3O3. The SMILES string of the molecule is CC(Cl)(C1=Nc2ccccc2Oc2ccccc21)C(C)(C(=O)O)C1CNCCN1. The van der Waals surface area contributed by atoms with Crippen molar-refractivity contribution in [2.45, 2.75) is 24.8 Å². The normalized spacial score (nSPS) is 22.6. The first-order chi connectivity index (χ1) is 13.9. The smallest absolute Gasteiger partial charge is 0.313 e. The van der Waals surface area contributed by atoms with Crippen LogP contribution in [0.15, 0.2) is 53.5 Å². The Bertz CT molecular complexity index is 969. The second-order valence-electron chi connectivity index (χ2n) is 7.75. The third kappa shape index (κ3) is 3.21. The Labute approximate surface area is 174 Å². The fourth-order valence-electron chi connectivity index (χ4n) is 4.03. The zero-order valence-corrected chi connectivity index (χ0v) is 17.2. The molecule has 6 nitrogen and oxygen atoms in total. The fourth-order valence-corrected chi connectivity index (χ4v) is 4.39. The van der Waals surface area contributed by atoms with Crippen molar-refractivity contribution in [3.05, 3.63) is 54.1 Å². The fraction of sp³-hybridized carbons (Fsp3) is 0.364. The minimum absolute atomic E-state index is 0.370. The molecule has 152 valence electrons. The number of aliphatic carboxylic acids is 1. The van der Waals surface area contributed by atoms with Crippen LogP contribution in [0.2, 0.25) is 0 Å². The molecule has 0 saturated carbocycles. The van der Waals surface area contributed by atoms with E-state index < -0.39 is 16.3 Å². The van der Waals surface area contributed by atoms with Gasteiger partial charge in [0.2, 0.25) is 0 Å². The zero-order valence-electron chi connectivity index (χ0n) is 16.4. The summed E-state index contributed by atoms with van der Waals surface area (Å²) in [7, 11) is 0. The van der Waals surface area contributed by atoms with Crippen LogP contribution in [0.3, 0.4) is 0 Å². The van der Waals surface area contributed by atoms with Crippen molar-refractivity contribution < 1.29 is 14.6 Å². The molecule has 0 radical (unpaired) electrons. The van der Waals surface area contributed by atoms with Gasteiger partial charge in [0, 0.05) is 31.2 Å². The summed E-state index contributed by atoms with van der Waals surface area (Å²) in [6.45, 7) is 5.40. The number of piperazine rings is 1. The maximum atomic E-state index is 12.6. The van der Waals surface area contributed by atoms with Gasteiger partial charge in [0.15, 0.2) is 5.75 Å². The third-order valence-corrected chi connectivity index (χ3v) is 6.63. The number of ether oxygens (including phenoxy) is 1. The van der Waals surface area contributed by atoms with E-state index in [9.17, 15) is 9.90 Å². The van der Waals surface area contributed by atoms with E-state index in [-0.39, 0.29) is 6.04 Å². The minimum Gasteiger partial charge on any atom is -0.481 e. The van der Waals surface area contributed by atoms with Gasteiger partial charge >= 0.3 is 5.97 Å². The van der Waals surface area contributed by atoms with E-state index in [1.807, 2.05) is 48.5 Å². The maximum absolute atomic E-state index is 12.6. The Balaban J connectivity index is 1.92. The summed E-state index contributed by atoms with van der Waals surface area (Å²) in [6, 6.07) is 14.5. The number of fused-ring (bicyclic) bond motifs is 2. The molecular weight excluding hydrogens is 390 g/mol. The molecule has 2 aliphatic rings. The molecule has 0 bridgehead atoms. The van der Waals surface area contributed by atoms with Gasteiger partial charge in [-0.2, -0.15) is 0 Å². The van der Waals surface area contributed by atoms with Crippen LogP contribution in [-0.2, 0) is 4.79 Å². The van der Waals surface area contributed by atoms with Gasteiger partial charge in [0.25, 0.3) is 0 Å². The van der Waals surface area contributed by atoms with E-state index in [0.717, 1.165) is 6.54 Å². The van der Waals surface area contributed by atoms with Crippen molar-refractivity contribution in [3.8, 4) is 11.5 Å². The molecule has 2 aliphatic heterocycles. The summed E-state index contributed by atoms with van der Waals surface area (Å²) in [4.78, 5) is 16.1. The average Bonchev–Trinajstić information content (AvgIpc) is 2.90. The first kappa shape index (κ1) is 19.9. The lowest BCUT2D eigenvalue weighted by molar-refractivity contribution is -0.151. The summed E-state index contributed by atoms with van der Waals surface area (Å²) in [6.07, 6.45) is 0. The highest BCUT2D eigenvalue weighted by atomic mass is 35.5. The number of halogens is 1. The van der Waals surface area contributed by atoms with E-state index in [1.165, 1.54) is 0 Å². The van der Waals surface area contributed by atoms with Gasteiger partial charge in [-0.3, -0.25) is 4.79 Å². The summed E-state index contributed by atoms with van der Waals surface area (Å²) in [5.41, 5.74) is 0.454. The number of hydrogen-bond acceptors (Lipinski definition) is 5. The number of benzene rings is 2. The van der Waals surface area contributed by atoms with Gasteiger partial charge in [0.05, 0.1) is 5.71 Å². The van der Waals surface area contributed by atoms with Crippen LogP contribution >= 0.6 is 11.6 Å². The van der Waals surface area contributed by atoms with Crippen molar-refractivity contribution in [3.63, 3.8) is 0 Å². The van der Waals surface area contributed by atoms with Crippen LogP contribution in [0, 0.1) is 5.41 Å². The lowest BCUT2D eigenvalue weighted by atomic mass is 9.67. The first-order valence-electron chi connectivity index (χ1n) is 9.67. The number of carboxylic acid groups (broad SMARTS) is 1. The number of aliphatic imine (C=N–C) groups is 1. The summed E-state index contributed by atoms with van der Waals surface area (Å²) >= 11 is 7.18. The van der Waals surface area contributed by atoms with E-state index in [0.29, 0.717) is 41.6 Å². The largest absolute Gasteiger partial charge is 0.481 e. The van der Waals surface area contributed by atoms with Crippen molar-refractivity contribution in [1.82, 2.24) is 10.6 Å². The number of carbonyl (C=O) groups is 1. The monoisotopic (exact) mass is 413 g/mol. The van der Waals surface area contributed by atoms with Crippen LogP contribution in [0.25, 0.3) is 0 Å². The Morgan fingerprint density at radius 1 is 1.14 bits per heavy atom. The van der Waals surface area contributed by atoms with Crippen molar-refractivity contribution in [1.29, 1.82) is 0 Å². The topological polar surface area (TPSA) is 83.0 Å². The lowest BCUT2D eigenvalue weighted by Gasteiger charge is -2.46. The van der Waals surface area contributed by atoms with Crippen molar-refractivity contribution >= 4 is 29.0 Å². The lowest BCUT2D eigenvalue weighted by Crippen LogP contribution is -2.66. The Kier molecular flexibility index (Phi) is 5.11. The minimum atomic E-state index is -1.34.